The highest BCUT2D eigenvalue weighted by Crippen LogP contribution is 2.26. The molecule has 2 aromatic rings. The Balaban J connectivity index is 0.000000817. The van der Waals surface area contributed by atoms with Gasteiger partial charge < -0.3 is 10.1 Å². The van der Waals surface area contributed by atoms with E-state index in [0.717, 1.165) is 35.5 Å². The van der Waals surface area contributed by atoms with Crippen LogP contribution in [0.5, 0.6) is 0 Å². The summed E-state index contributed by atoms with van der Waals surface area (Å²) in [5.74, 6) is 1.31. The van der Waals surface area contributed by atoms with Gasteiger partial charge in [-0.3, -0.25) is 0 Å². The second-order valence-electron chi connectivity index (χ2n) is 6.50. The van der Waals surface area contributed by atoms with Crippen LogP contribution in [0.4, 0.5) is 5.95 Å². The van der Waals surface area contributed by atoms with Gasteiger partial charge in [-0.1, -0.05) is 44.1 Å². The molecule has 1 saturated carbocycles. The normalized spacial score (nSPS) is 15.4. The molecule has 1 N–H and O–H groups in total. The molecule has 1 aliphatic rings. The van der Waals surface area contributed by atoms with Crippen LogP contribution in [0.1, 0.15) is 46.0 Å². The van der Waals surface area contributed by atoms with Crippen molar-refractivity contribution >= 4 is 23.3 Å². The van der Waals surface area contributed by atoms with Crippen molar-refractivity contribution in [2.24, 2.45) is 5.92 Å². The van der Waals surface area contributed by atoms with Crippen molar-refractivity contribution in [3.8, 4) is 0 Å². The Kier molecular flexibility index (Phi) is 8.42. The molecule has 0 bridgehead atoms. The van der Waals surface area contributed by atoms with Crippen LogP contribution in [0, 0.1) is 5.92 Å². The quantitative estimate of drug-likeness (QED) is 0.593. The first-order valence-electron chi connectivity index (χ1n) is 9.52. The fourth-order valence-corrected chi connectivity index (χ4v) is 3.19. The van der Waals surface area contributed by atoms with Crippen molar-refractivity contribution in [1.29, 1.82) is 0 Å². The Morgan fingerprint density at radius 2 is 2.04 bits per heavy atom. The SMILES string of the molecule is C=C/C=C\C(=C/C)Nc1ncc2cnn(CC3CCCCC3)c2n1.CC=O. The van der Waals surface area contributed by atoms with Gasteiger partial charge in [0.15, 0.2) is 5.65 Å². The monoisotopic (exact) mass is 367 g/mol. The zero-order valence-corrected chi connectivity index (χ0v) is 16.3. The highest BCUT2D eigenvalue weighted by Gasteiger charge is 2.16. The van der Waals surface area contributed by atoms with Crippen LogP contribution in [0.25, 0.3) is 11.0 Å². The molecule has 0 radical (unpaired) electrons. The summed E-state index contributed by atoms with van der Waals surface area (Å²) in [6, 6.07) is 0. The number of hydrogen-bond donors (Lipinski definition) is 1. The van der Waals surface area contributed by atoms with Crippen LogP contribution in [0.2, 0.25) is 0 Å². The van der Waals surface area contributed by atoms with E-state index < -0.39 is 0 Å². The molecular weight excluding hydrogens is 338 g/mol. The third kappa shape index (κ3) is 6.16. The van der Waals surface area contributed by atoms with Gasteiger partial charge in [-0.2, -0.15) is 10.1 Å². The van der Waals surface area contributed by atoms with Gasteiger partial charge in [0.25, 0.3) is 0 Å². The molecule has 6 nitrogen and oxygen atoms in total. The summed E-state index contributed by atoms with van der Waals surface area (Å²) < 4.78 is 2.03. The Hall–Kier alpha value is -2.76. The molecule has 0 unspecified atom stereocenters. The maximum absolute atomic E-state index is 8.81. The number of anilines is 1. The van der Waals surface area contributed by atoms with Crippen molar-refractivity contribution in [2.45, 2.75) is 52.5 Å². The number of carbonyl (C=O) groups excluding carboxylic acids is 1. The van der Waals surface area contributed by atoms with Crippen LogP contribution in [-0.2, 0) is 11.3 Å². The molecule has 3 rings (SSSR count). The average molecular weight is 367 g/mol. The topological polar surface area (TPSA) is 72.7 Å². The van der Waals surface area contributed by atoms with Gasteiger partial charge >= 0.3 is 0 Å². The fraction of sp³-hybridized carbons (Fsp3) is 0.429. The molecule has 0 aliphatic heterocycles. The maximum atomic E-state index is 8.81. The number of nitrogens with one attached hydrogen (secondary N) is 1. The molecule has 0 spiro atoms. The number of nitrogens with zero attached hydrogens (tertiary/aromatic N) is 4. The first-order valence-corrected chi connectivity index (χ1v) is 9.52. The minimum Gasteiger partial charge on any atom is -0.324 e. The molecule has 0 atom stereocenters. The summed E-state index contributed by atoms with van der Waals surface area (Å²) in [5.41, 5.74) is 1.84. The number of allylic oxidation sites excluding steroid dienone is 4. The van der Waals surface area contributed by atoms with E-state index in [1.807, 2.05) is 42.2 Å². The fourth-order valence-electron chi connectivity index (χ4n) is 3.19. The van der Waals surface area contributed by atoms with Gasteiger partial charge in [-0.25, -0.2) is 9.67 Å². The minimum absolute atomic E-state index is 0.592. The lowest BCUT2D eigenvalue weighted by atomic mass is 9.89. The number of fused-ring (bicyclic) bond motifs is 1. The molecule has 0 amide bonds. The summed E-state index contributed by atoms with van der Waals surface area (Å²) in [6.07, 6.45) is 18.6. The predicted octanol–water partition coefficient (Wildman–Crippen LogP) is 4.67. The highest BCUT2D eigenvalue weighted by molar-refractivity contribution is 5.74. The van der Waals surface area contributed by atoms with Gasteiger partial charge in [0, 0.05) is 18.4 Å². The van der Waals surface area contributed by atoms with E-state index in [2.05, 4.69) is 27.0 Å². The summed E-state index contributed by atoms with van der Waals surface area (Å²) >= 11 is 0. The molecule has 1 fully saturated rings. The maximum Gasteiger partial charge on any atom is 0.229 e. The molecular formula is C21H29N5O. The zero-order valence-electron chi connectivity index (χ0n) is 16.3. The van der Waals surface area contributed by atoms with E-state index in [0.29, 0.717) is 5.95 Å². The largest absolute Gasteiger partial charge is 0.324 e. The van der Waals surface area contributed by atoms with Crippen molar-refractivity contribution < 1.29 is 4.79 Å². The molecule has 0 saturated heterocycles. The molecule has 0 aromatic carbocycles. The summed E-state index contributed by atoms with van der Waals surface area (Å²) in [4.78, 5) is 17.9. The smallest absolute Gasteiger partial charge is 0.229 e. The Bertz CT molecular complexity index is 800. The number of carbonyl (C=O) groups is 1. The van der Waals surface area contributed by atoms with Gasteiger partial charge in [-0.15, -0.1) is 0 Å². The number of aldehydes is 1. The standard InChI is InChI=1S/C19H25N5.C2H4O/c1-3-5-11-17(4-2)22-19-20-12-16-13-21-24(18(16)23-19)14-15-9-7-6-8-10-15;1-2-3/h3-5,11-13,15H,1,6-10,14H2,2H3,(H,20,22,23);2H,1H3/b11-5-,17-4+;. The zero-order chi connectivity index (χ0) is 19.5. The molecule has 2 aromatic heterocycles. The first kappa shape index (κ1) is 20.6. The van der Waals surface area contributed by atoms with Crippen LogP contribution in [0.15, 0.2) is 49.0 Å². The Morgan fingerprint density at radius 1 is 1.30 bits per heavy atom. The van der Waals surface area contributed by atoms with Crippen LogP contribution in [-0.4, -0.2) is 26.0 Å². The molecule has 6 heteroatoms. The number of hydrogen-bond acceptors (Lipinski definition) is 5. The summed E-state index contributed by atoms with van der Waals surface area (Å²) in [5, 5.41) is 8.75. The van der Waals surface area contributed by atoms with Crippen LogP contribution < -0.4 is 5.32 Å². The third-order valence-electron chi connectivity index (χ3n) is 4.51. The highest BCUT2D eigenvalue weighted by atomic mass is 16.1. The van der Waals surface area contributed by atoms with E-state index in [1.54, 1.807) is 6.08 Å². The van der Waals surface area contributed by atoms with Crippen LogP contribution >= 0.6 is 0 Å². The lowest BCUT2D eigenvalue weighted by Gasteiger charge is -2.21. The van der Waals surface area contributed by atoms with Crippen molar-refractivity contribution in [3.63, 3.8) is 0 Å². The van der Waals surface area contributed by atoms with E-state index in [1.165, 1.54) is 39.0 Å². The van der Waals surface area contributed by atoms with Gasteiger partial charge in [0.05, 0.1) is 11.6 Å². The molecule has 144 valence electrons. The van der Waals surface area contributed by atoms with E-state index in [4.69, 9.17) is 4.79 Å². The van der Waals surface area contributed by atoms with Crippen LogP contribution in [0.3, 0.4) is 0 Å². The van der Waals surface area contributed by atoms with Crippen molar-refractivity contribution in [1.82, 2.24) is 19.7 Å². The number of rotatable bonds is 6. The minimum atomic E-state index is 0.592. The summed E-state index contributed by atoms with van der Waals surface area (Å²) in [7, 11) is 0. The molecule has 1 aliphatic carbocycles. The Morgan fingerprint density at radius 3 is 2.70 bits per heavy atom. The molecule has 2 heterocycles. The summed E-state index contributed by atoms with van der Waals surface area (Å²) in [6.45, 7) is 8.06. The number of aromatic nitrogens is 4. The van der Waals surface area contributed by atoms with E-state index in [-0.39, 0.29) is 0 Å². The van der Waals surface area contributed by atoms with Gasteiger partial charge in [0.1, 0.15) is 6.29 Å². The van der Waals surface area contributed by atoms with E-state index in [9.17, 15) is 0 Å². The third-order valence-corrected chi connectivity index (χ3v) is 4.51. The average Bonchev–Trinajstić information content (AvgIpc) is 3.08. The van der Waals surface area contributed by atoms with Gasteiger partial charge in [0.2, 0.25) is 5.95 Å². The lowest BCUT2D eigenvalue weighted by molar-refractivity contribution is -0.106. The Labute approximate surface area is 161 Å². The van der Waals surface area contributed by atoms with E-state index >= 15 is 0 Å². The van der Waals surface area contributed by atoms with Gasteiger partial charge in [-0.05, 0) is 38.7 Å². The second kappa shape index (κ2) is 11.1. The first-order chi connectivity index (χ1) is 13.2. The lowest BCUT2D eigenvalue weighted by Crippen LogP contribution is -2.15. The second-order valence-corrected chi connectivity index (χ2v) is 6.50. The van der Waals surface area contributed by atoms with Crippen molar-refractivity contribution in [2.75, 3.05) is 5.32 Å². The predicted molar refractivity (Wildman–Crippen MR) is 110 cm³/mol. The molecule has 27 heavy (non-hydrogen) atoms. The van der Waals surface area contributed by atoms with Crippen molar-refractivity contribution in [3.05, 3.63) is 49.0 Å².